The Hall–Kier alpha value is -1.35. The molecule has 2 fully saturated rings. The van der Waals surface area contributed by atoms with Gasteiger partial charge in [0.15, 0.2) is 0 Å². The molecule has 112 valence electrons. The van der Waals surface area contributed by atoms with Gasteiger partial charge in [0.1, 0.15) is 0 Å². The molecule has 0 spiro atoms. The van der Waals surface area contributed by atoms with Crippen LogP contribution in [-0.4, -0.2) is 36.5 Å². The van der Waals surface area contributed by atoms with E-state index in [0.717, 1.165) is 38.9 Å². The Labute approximate surface area is 126 Å². The standard InChI is InChI=1S/C18H24N2O/c21-18(16-10-13-4-1-2-5-14(13)11-16)20-9-7-17-15(12-20)6-3-8-19-17/h1-2,4-5,15-17,19H,3,6-12H2/t15-,17+/m1/s1. The molecule has 1 aromatic carbocycles. The number of piperidine rings is 2. The van der Waals surface area contributed by atoms with E-state index in [4.69, 9.17) is 0 Å². The van der Waals surface area contributed by atoms with Gasteiger partial charge >= 0.3 is 0 Å². The number of carbonyl (C=O) groups is 1. The average molecular weight is 284 g/mol. The van der Waals surface area contributed by atoms with E-state index in [1.54, 1.807) is 0 Å². The molecule has 0 bridgehead atoms. The van der Waals surface area contributed by atoms with Crippen LogP contribution in [0, 0.1) is 11.8 Å². The first-order chi connectivity index (χ1) is 10.3. The summed E-state index contributed by atoms with van der Waals surface area (Å²) in [7, 11) is 0. The molecule has 0 aromatic heterocycles. The third-order valence-electron chi connectivity index (χ3n) is 5.60. The zero-order valence-corrected chi connectivity index (χ0v) is 12.6. The van der Waals surface area contributed by atoms with Crippen molar-refractivity contribution in [2.24, 2.45) is 11.8 Å². The summed E-state index contributed by atoms with van der Waals surface area (Å²) in [5.74, 6) is 1.27. The Bertz CT molecular complexity index is 517. The van der Waals surface area contributed by atoms with Crippen LogP contribution in [0.2, 0.25) is 0 Å². The highest BCUT2D eigenvalue weighted by molar-refractivity contribution is 5.80. The van der Waals surface area contributed by atoms with Gasteiger partial charge < -0.3 is 10.2 Å². The third-order valence-corrected chi connectivity index (χ3v) is 5.60. The second kappa shape index (κ2) is 5.45. The number of fused-ring (bicyclic) bond motifs is 2. The molecule has 3 heteroatoms. The normalized spacial score (nSPS) is 29.0. The van der Waals surface area contributed by atoms with E-state index in [2.05, 4.69) is 34.5 Å². The van der Waals surface area contributed by atoms with Crippen molar-refractivity contribution < 1.29 is 4.79 Å². The highest BCUT2D eigenvalue weighted by atomic mass is 16.2. The Morgan fingerprint density at radius 1 is 1.14 bits per heavy atom. The molecule has 3 nitrogen and oxygen atoms in total. The number of nitrogens with zero attached hydrogens (tertiary/aromatic N) is 1. The van der Waals surface area contributed by atoms with Crippen LogP contribution in [0.15, 0.2) is 24.3 Å². The number of likely N-dealkylation sites (tertiary alicyclic amines) is 1. The summed E-state index contributed by atoms with van der Waals surface area (Å²) in [4.78, 5) is 15.0. The van der Waals surface area contributed by atoms with Crippen molar-refractivity contribution in [3.05, 3.63) is 35.4 Å². The lowest BCUT2D eigenvalue weighted by Gasteiger charge is -2.42. The minimum Gasteiger partial charge on any atom is -0.342 e. The van der Waals surface area contributed by atoms with Gasteiger partial charge in [0, 0.05) is 25.0 Å². The molecular weight excluding hydrogens is 260 g/mol. The maximum atomic E-state index is 12.8. The van der Waals surface area contributed by atoms with Crippen LogP contribution >= 0.6 is 0 Å². The summed E-state index contributed by atoms with van der Waals surface area (Å²) in [6.45, 7) is 3.08. The van der Waals surface area contributed by atoms with Crippen LogP contribution in [0.25, 0.3) is 0 Å². The summed E-state index contributed by atoms with van der Waals surface area (Å²) in [5, 5.41) is 3.63. The molecule has 0 unspecified atom stereocenters. The Kier molecular flexibility index (Phi) is 3.46. The lowest BCUT2D eigenvalue weighted by Crippen LogP contribution is -2.54. The zero-order valence-electron chi connectivity index (χ0n) is 12.6. The van der Waals surface area contributed by atoms with Crippen LogP contribution in [0.1, 0.15) is 30.4 Å². The largest absolute Gasteiger partial charge is 0.342 e. The van der Waals surface area contributed by atoms with Crippen LogP contribution in [0.3, 0.4) is 0 Å². The first-order valence-corrected chi connectivity index (χ1v) is 8.40. The quantitative estimate of drug-likeness (QED) is 0.855. The lowest BCUT2D eigenvalue weighted by atomic mass is 9.85. The van der Waals surface area contributed by atoms with Crippen molar-refractivity contribution in [1.82, 2.24) is 10.2 Å². The molecular formula is C18H24N2O. The van der Waals surface area contributed by atoms with Crippen molar-refractivity contribution in [3.63, 3.8) is 0 Å². The van der Waals surface area contributed by atoms with E-state index in [1.165, 1.54) is 24.0 Å². The molecule has 2 atom stereocenters. The van der Waals surface area contributed by atoms with Crippen molar-refractivity contribution in [3.8, 4) is 0 Å². The maximum absolute atomic E-state index is 12.8. The molecule has 1 amide bonds. The van der Waals surface area contributed by atoms with Crippen molar-refractivity contribution in [2.45, 2.75) is 38.1 Å². The van der Waals surface area contributed by atoms with Gasteiger partial charge in [-0.25, -0.2) is 0 Å². The summed E-state index contributed by atoms with van der Waals surface area (Å²) in [5.41, 5.74) is 2.76. The van der Waals surface area contributed by atoms with Crippen molar-refractivity contribution in [1.29, 1.82) is 0 Å². The number of hydrogen-bond acceptors (Lipinski definition) is 2. The molecule has 1 aromatic rings. The van der Waals surface area contributed by atoms with E-state index >= 15 is 0 Å². The molecule has 3 aliphatic rings. The van der Waals surface area contributed by atoms with Gasteiger partial charge in [-0.2, -0.15) is 0 Å². The number of carbonyl (C=O) groups excluding carboxylic acids is 1. The minimum atomic E-state index is 0.190. The van der Waals surface area contributed by atoms with Gasteiger partial charge in [-0.1, -0.05) is 24.3 Å². The Balaban J connectivity index is 1.42. The number of rotatable bonds is 1. The molecule has 0 saturated carbocycles. The summed E-state index contributed by atoms with van der Waals surface area (Å²) < 4.78 is 0. The summed E-state index contributed by atoms with van der Waals surface area (Å²) in [6.07, 6.45) is 5.57. The van der Waals surface area contributed by atoms with Gasteiger partial charge in [-0.15, -0.1) is 0 Å². The van der Waals surface area contributed by atoms with E-state index in [1.807, 2.05) is 0 Å². The molecule has 0 radical (unpaired) electrons. The van der Waals surface area contributed by atoms with Gasteiger partial charge in [0.25, 0.3) is 0 Å². The maximum Gasteiger partial charge on any atom is 0.226 e. The first-order valence-electron chi connectivity index (χ1n) is 8.40. The topological polar surface area (TPSA) is 32.3 Å². The number of amides is 1. The number of benzene rings is 1. The molecule has 2 saturated heterocycles. The van der Waals surface area contributed by atoms with E-state index in [9.17, 15) is 4.79 Å². The van der Waals surface area contributed by atoms with E-state index in [-0.39, 0.29) is 5.92 Å². The summed E-state index contributed by atoms with van der Waals surface area (Å²) in [6, 6.07) is 9.19. The fourth-order valence-electron chi connectivity index (χ4n) is 4.44. The molecule has 21 heavy (non-hydrogen) atoms. The van der Waals surface area contributed by atoms with Crippen molar-refractivity contribution in [2.75, 3.05) is 19.6 Å². The van der Waals surface area contributed by atoms with Crippen LogP contribution < -0.4 is 5.32 Å². The highest BCUT2D eigenvalue weighted by Gasteiger charge is 2.36. The lowest BCUT2D eigenvalue weighted by molar-refractivity contribution is -0.137. The van der Waals surface area contributed by atoms with Crippen LogP contribution in [-0.2, 0) is 17.6 Å². The molecule has 2 heterocycles. The van der Waals surface area contributed by atoms with Crippen LogP contribution in [0.5, 0.6) is 0 Å². The Morgan fingerprint density at radius 2 is 1.90 bits per heavy atom. The molecule has 4 rings (SSSR count). The number of hydrogen-bond donors (Lipinski definition) is 1. The molecule has 2 aliphatic heterocycles. The van der Waals surface area contributed by atoms with Gasteiger partial charge in [-0.3, -0.25) is 4.79 Å². The predicted octanol–water partition coefficient (Wildman–Crippen LogP) is 2.00. The number of nitrogens with one attached hydrogen (secondary N) is 1. The fraction of sp³-hybridized carbons (Fsp3) is 0.611. The Morgan fingerprint density at radius 3 is 2.67 bits per heavy atom. The van der Waals surface area contributed by atoms with E-state index < -0.39 is 0 Å². The molecule has 1 aliphatic carbocycles. The van der Waals surface area contributed by atoms with Crippen molar-refractivity contribution >= 4 is 5.91 Å². The van der Waals surface area contributed by atoms with Gasteiger partial charge in [0.2, 0.25) is 5.91 Å². The van der Waals surface area contributed by atoms with Gasteiger partial charge in [-0.05, 0) is 55.7 Å². The second-order valence-corrected chi connectivity index (χ2v) is 6.91. The monoisotopic (exact) mass is 284 g/mol. The predicted molar refractivity (Wildman–Crippen MR) is 83.1 cm³/mol. The van der Waals surface area contributed by atoms with Crippen LogP contribution in [0.4, 0.5) is 0 Å². The zero-order chi connectivity index (χ0) is 14.2. The minimum absolute atomic E-state index is 0.190. The average Bonchev–Trinajstić information content (AvgIpc) is 2.97. The fourth-order valence-corrected chi connectivity index (χ4v) is 4.44. The van der Waals surface area contributed by atoms with E-state index in [0.29, 0.717) is 17.9 Å². The summed E-state index contributed by atoms with van der Waals surface area (Å²) >= 11 is 0. The SMILES string of the molecule is O=C(C1Cc2ccccc2C1)N1CC[C@@H]2NCCC[C@@H]2C1. The second-order valence-electron chi connectivity index (χ2n) is 6.91. The smallest absolute Gasteiger partial charge is 0.226 e. The van der Waals surface area contributed by atoms with Gasteiger partial charge in [0.05, 0.1) is 0 Å². The third kappa shape index (κ3) is 2.48. The first kappa shape index (κ1) is 13.3. The highest BCUT2D eigenvalue weighted by Crippen LogP contribution is 2.30. The molecule has 1 N–H and O–H groups in total.